The van der Waals surface area contributed by atoms with Crippen molar-refractivity contribution >= 4 is 10.0 Å². The number of likely N-dealkylation sites (N-methyl/N-ethyl adjacent to an activating group) is 1. The first kappa shape index (κ1) is 14.3. The molecule has 0 unspecified atom stereocenters. The Balaban J connectivity index is 2.36. The number of hydrogen-bond acceptors (Lipinski definition) is 4. The number of hydrogen-bond donors (Lipinski definition) is 0. The van der Waals surface area contributed by atoms with Crippen molar-refractivity contribution in [2.75, 3.05) is 40.3 Å². The summed E-state index contributed by atoms with van der Waals surface area (Å²) in [7, 11) is 0.0219. The summed E-state index contributed by atoms with van der Waals surface area (Å²) in [6.45, 7) is 4.44. The lowest BCUT2D eigenvalue weighted by Crippen LogP contribution is -2.47. The summed E-state index contributed by atoms with van der Waals surface area (Å²) in [6, 6.07) is 5.23. The zero-order chi connectivity index (χ0) is 14.0. The molecule has 19 heavy (non-hydrogen) atoms. The molecule has 1 saturated heterocycles. The second-order valence-corrected chi connectivity index (χ2v) is 6.77. The highest BCUT2D eigenvalue weighted by Crippen LogP contribution is 2.28. The van der Waals surface area contributed by atoms with Crippen LogP contribution in [-0.2, 0) is 10.0 Å². The minimum absolute atomic E-state index is 0.263. The van der Waals surface area contributed by atoms with Gasteiger partial charge in [0.25, 0.3) is 0 Å². The zero-order valence-corrected chi connectivity index (χ0v) is 12.4. The van der Waals surface area contributed by atoms with Gasteiger partial charge in [0.2, 0.25) is 10.0 Å². The quantitative estimate of drug-likeness (QED) is 0.829. The fraction of sp³-hybridized carbons (Fsp3) is 0.538. The van der Waals surface area contributed by atoms with Crippen LogP contribution >= 0.6 is 0 Å². The standard InChI is InChI=1S/C13H20N2O3S/c1-11-4-5-12(18-3)13(10-11)19(16,17)15-8-6-14(2)7-9-15/h4-5,10H,6-9H2,1-3H3. The van der Waals surface area contributed by atoms with E-state index in [1.165, 1.54) is 11.4 Å². The second-order valence-electron chi connectivity index (χ2n) is 4.86. The van der Waals surface area contributed by atoms with E-state index in [-0.39, 0.29) is 4.90 Å². The van der Waals surface area contributed by atoms with Gasteiger partial charge in [-0.1, -0.05) is 6.07 Å². The number of methoxy groups -OCH3 is 1. The molecule has 0 aromatic heterocycles. The summed E-state index contributed by atoms with van der Waals surface area (Å²) < 4.78 is 32.0. The molecule has 0 amide bonds. The topological polar surface area (TPSA) is 49.9 Å². The summed E-state index contributed by atoms with van der Waals surface area (Å²) >= 11 is 0. The van der Waals surface area contributed by atoms with E-state index in [0.717, 1.165) is 18.7 Å². The average Bonchev–Trinajstić information content (AvgIpc) is 2.39. The SMILES string of the molecule is COc1ccc(C)cc1S(=O)(=O)N1CCN(C)CC1. The van der Waals surface area contributed by atoms with Crippen molar-refractivity contribution in [2.45, 2.75) is 11.8 Å². The highest BCUT2D eigenvalue weighted by molar-refractivity contribution is 7.89. The summed E-state index contributed by atoms with van der Waals surface area (Å²) in [4.78, 5) is 2.39. The molecule has 6 heteroatoms. The van der Waals surface area contributed by atoms with Crippen molar-refractivity contribution < 1.29 is 13.2 Å². The molecule has 0 spiro atoms. The molecule has 1 fully saturated rings. The number of sulfonamides is 1. The van der Waals surface area contributed by atoms with Crippen LogP contribution in [0.25, 0.3) is 0 Å². The molecule has 1 aliphatic rings. The molecule has 106 valence electrons. The van der Waals surface area contributed by atoms with Crippen LogP contribution in [-0.4, -0.2) is 58.0 Å². The van der Waals surface area contributed by atoms with E-state index in [0.29, 0.717) is 18.8 Å². The molecule has 0 bridgehead atoms. The Kier molecular flexibility index (Phi) is 4.13. The van der Waals surface area contributed by atoms with Gasteiger partial charge in [-0.3, -0.25) is 0 Å². The third kappa shape index (κ3) is 2.91. The van der Waals surface area contributed by atoms with Crippen molar-refractivity contribution in [2.24, 2.45) is 0 Å². The maximum Gasteiger partial charge on any atom is 0.246 e. The zero-order valence-electron chi connectivity index (χ0n) is 11.6. The molecule has 5 nitrogen and oxygen atoms in total. The van der Waals surface area contributed by atoms with Gasteiger partial charge in [0, 0.05) is 26.2 Å². The lowest BCUT2D eigenvalue weighted by atomic mass is 10.2. The Morgan fingerprint density at radius 3 is 2.37 bits per heavy atom. The molecule has 0 N–H and O–H groups in total. The summed E-state index contributed by atoms with van der Waals surface area (Å²) in [5.74, 6) is 0.407. The Hall–Kier alpha value is -1.11. The molecule has 0 saturated carbocycles. The first-order valence-corrected chi connectivity index (χ1v) is 7.72. The van der Waals surface area contributed by atoms with Gasteiger partial charge in [-0.2, -0.15) is 4.31 Å². The number of piperazine rings is 1. The highest BCUT2D eigenvalue weighted by atomic mass is 32.2. The van der Waals surface area contributed by atoms with Crippen LogP contribution in [0.4, 0.5) is 0 Å². The van der Waals surface area contributed by atoms with Crippen LogP contribution in [0.5, 0.6) is 5.75 Å². The van der Waals surface area contributed by atoms with Crippen LogP contribution in [0.15, 0.2) is 23.1 Å². The third-order valence-corrected chi connectivity index (χ3v) is 5.32. The van der Waals surface area contributed by atoms with Crippen LogP contribution in [0.3, 0.4) is 0 Å². The summed E-state index contributed by atoms with van der Waals surface area (Å²) in [6.07, 6.45) is 0. The van der Waals surface area contributed by atoms with Crippen LogP contribution in [0.2, 0.25) is 0 Å². The predicted molar refractivity (Wildman–Crippen MR) is 74.0 cm³/mol. The van der Waals surface area contributed by atoms with Gasteiger partial charge in [-0.25, -0.2) is 8.42 Å². The fourth-order valence-corrected chi connectivity index (χ4v) is 3.82. The second kappa shape index (κ2) is 5.48. The lowest BCUT2D eigenvalue weighted by molar-refractivity contribution is 0.222. The highest BCUT2D eigenvalue weighted by Gasteiger charge is 2.29. The van der Waals surface area contributed by atoms with E-state index < -0.39 is 10.0 Å². The first-order valence-electron chi connectivity index (χ1n) is 6.28. The maximum atomic E-state index is 12.7. The Morgan fingerprint density at radius 1 is 1.16 bits per heavy atom. The summed E-state index contributed by atoms with van der Waals surface area (Å²) in [5.41, 5.74) is 0.911. The first-order chi connectivity index (χ1) is 8.95. The monoisotopic (exact) mass is 284 g/mol. The fourth-order valence-electron chi connectivity index (χ4n) is 2.15. The van der Waals surface area contributed by atoms with Gasteiger partial charge in [-0.15, -0.1) is 0 Å². The molecule has 1 aromatic rings. The van der Waals surface area contributed by atoms with Gasteiger partial charge < -0.3 is 9.64 Å². The van der Waals surface area contributed by atoms with E-state index in [1.54, 1.807) is 12.1 Å². The largest absolute Gasteiger partial charge is 0.495 e. The molecule has 1 aliphatic heterocycles. The van der Waals surface area contributed by atoms with Crippen molar-refractivity contribution in [3.8, 4) is 5.75 Å². The van der Waals surface area contributed by atoms with Crippen molar-refractivity contribution in [1.82, 2.24) is 9.21 Å². The molecule has 1 heterocycles. The smallest absolute Gasteiger partial charge is 0.246 e. The van der Waals surface area contributed by atoms with Crippen LogP contribution in [0.1, 0.15) is 5.56 Å². The van der Waals surface area contributed by atoms with Gasteiger partial charge in [0.05, 0.1) is 7.11 Å². The molecule has 0 aliphatic carbocycles. The number of rotatable bonds is 3. The predicted octanol–water partition coefficient (Wildman–Crippen LogP) is 0.940. The molecule has 1 aromatic carbocycles. The Labute approximate surface area is 114 Å². The van der Waals surface area contributed by atoms with Gasteiger partial charge in [0.1, 0.15) is 10.6 Å². The van der Waals surface area contributed by atoms with E-state index in [9.17, 15) is 8.42 Å². The van der Waals surface area contributed by atoms with Crippen molar-refractivity contribution in [1.29, 1.82) is 0 Å². The van der Waals surface area contributed by atoms with Crippen LogP contribution < -0.4 is 4.74 Å². The lowest BCUT2D eigenvalue weighted by Gasteiger charge is -2.31. The Morgan fingerprint density at radius 2 is 1.79 bits per heavy atom. The molecule has 2 rings (SSSR count). The van der Waals surface area contributed by atoms with E-state index in [4.69, 9.17) is 4.74 Å². The maximum absolute atomic E-state index is 12.7. The Bertz CT molecular complexity index is 549. The van der Waals surface area contributed by atoms with E-state index in [1.807, 2.05) is 20.0 Å². The number of ether oxygens (including phenoxy) is 1. The number of benzene rings is 1. The van der Waals surface area contributed by atoms with Gasteiger partial charge in [-0.05, 0) is 31.7 Å². The molecular formula is C13H20N2O3S. The molecular weight excluding hydrogens is 264 g/mol. The van der Waals surface area contributed by atoms with E-state index >= 15 is 0 Å². The third-order valence-electron chi connectivity index (χ3n) is 3.40. The minimum Gasteiger partial charge on any atom is -0.495 e. The van der Waals surface area contributed by atoms with Crippen molar-refractivity contribution in [3.05, 3.63) is 23.8 Å². The van der Waals surface area contributed by atoms with Gasteiger partial charge >= 0.3 is 0 Å². The minimum atomic E-state index is -3.47. The number of aryl methyl sites for hydroxylation is 1. The average molecular weight is 284 g/mol. The van der Waals surface area contributed by atoms with Gasteiger partial charge in [0.15, 0.2) is 0 Å². The molecule has 0 atom stereocenters. The summed E-state index contributed by atoms with van der Waals surface area (Å²) in [5, 5.41) is 0. The van der Waals surface area contributed by atoms with Crippen LogP contribution in [0, 0.1) is 6.92 Å². The van der Waals surface area contributed by atoms with E-state index in [2.05, 4.69) is 4.90 Å². The number of nitrogens with zero attached hydrogens (tertiary/aromatic N) is 2. The van der Waals surface area contributed by atoms with Crippen molar-refractivity contribution in [3.63, 3.8) is 0 Å². The molecule has 0 radical (unpaired) electrons. The normalized spacial score (nSPS) is 18.5.